The fourth-order valence-electron chi connectivity index (χ4n) is 4.65. The summed E-state index contributed by atoms with van der Waals surface area (Å²) in [6, 6.07) is 7.50. The van der Waals surface area contributed by atoms with Gasteiger partial charge in [-0.3, -0.25) is 13.9 Å². The number of fused-ring (bicyclic) bond motifs is 3. The Morgan fingerprint density at radius 1 is 1.20 bits per heavy atom. The fraction of sp³-hybridized carbons (Fsp3) is 0.478. The highest BCUT2D eigenvalue weighted by atomic mass is 32.3. The van der Waals surface area contributed by atoms with Crippen LogP contribution in [-0.4, -0.2) is 81.2 Å². The molecule has 2 amide bonds. The summed E-state index contributed by atoms with van der Waals surface area (Å²) >= 11 is 0. The van der Waals surface area contributed by atoms with E-state index in [-0.39, 0.29) is 30.0 Å². The fourth-order valence-corrected chi connectivity index (χ4v) is 6.14. The molecule has 3 heterocycles. The summed E-state index contributed by atoms with van der Waals surface area (Å²) in [5, 5.41) is 10.4. The summed E-state index contributed by atoms with van der Waals surface area (Å²) < 4.78 is 21.4. The maximum atomic E-state index is 12.1. The van der Waals surface area contributed by atoms with Crippen molar-refractivity contribution in [2.24, 2.45) is 0 Å². The van der Waals surface area contributed by atoms with Gasteiger partial charge in [-0.15, -0.1) is 0 Å². The first kappa shape index (κ1) is 25.0. The third-order valence-electron chi connectivity index (χ3n) is 6.47. The highest BCUT2D eigenvalue weighted by Gasteiger charge is 2.38. The number of aromatic nitrogens is 3. The maximum absolute atomic E-state index is 12.1. The number of amides is 2. The number of nitrogen functional groups attached to an aromatic ring is 1. The van der Waals surface area contributed by atoms with Crippen molar-refractivity contribution in [3.63, 3.8) is 0 Å². The number of pyridine rings is 1. The summed E-state index contributed by atoms with van der Waals surface area (Å²) in [5.74, 6) is 1.28. The Labute approximate surface area is 204 Å². The van der Waals surface area contributed by atoms with Gasteiger partial charge in [0.05, 0.1) is 35.1 Å². The van der Waals surface area contributed by atoms with Crippen LogP contribution in [0, 0.1) is 0 Å². The molecule has 4 rings (SSSR count). The van der Waals surface area contributed by atoms with E-state index < -0.39 is 16.7 Å². The Balaban J connectivity index is 1.60. The summed E-state index contributed by atoms with van der Waals surface area (Å²) in [7, 11) is -2.53. The number of carbonyl (C=O) groups is 2. The zero-order valence-corrected chi connectivity index (χ0v) is 20.7. The molecular formula is C23H32N6O5S. The third kappa shape index (κ3) is 5.14. The first-order valence-electron chi connectivity index (χ1n) is 11.6. The zero-order valence-electron chi connectivity index (χ0n) is 19.9. The lowest BCUT2D eigenvalue weighted by atomic mass is 10.2. The number of carboxylic acid groups (broad SMARTS) is 1. The smallest absolute Gasteiger partial charge is 0.407 e. The van der Waals surface area contributed by atoms with E-state index in [2.05, 4.69) is 4.98 Å². The van der Waals surface area contributed by atoms with Crippen LogP contribution in [0.2, 0.25) is 0 Å². The average Bonchev–Trinajstić information content (AvgIpc) is 3.14. The van der Waals surface area contributed by atoms with E-state index in [1.807, 2.05) is 28.8 Å². The monoisotopic (exact) mass is 504 g/mol. The van der Waals surface area contributed by atoms with E-state index in [9.17, 15) is 23.8 Å². The minimum Gasteiger partial charge on any atom is -0.465 e. The van der Waals surface area contributed by atoms with Crippen LogP contribution in [0.25, 0.3) is 21.9 Å². The molecule has 1 fully saturated rings. The number of nitrogens with zero attached hydrogens (tertiary/aromatic N) is 5. The van der Waals surface area contributed by atoms with Crippen LogP contribution >= 0.6 is 10.6 Å². The van der Waals surface area contributed by atoms with Gasteiger partial charge in [-0.05, 0) is 25.8 Å². The molecule has 1 aromatic carbocycles. The van der Waals surface area contributed by atoms with Crippen LogP contribution < -0.4 is 5.73 Å². The zero-order chi connectivity index (χ0) is 25.3. The molecule has 2 aromatic heterocycles. The van der Waals surface area contributed by atoms with Crippen LogP contribution in [0.5, 0.6) is 0 Å². The van der Waals surface area contributed by atoms with Gasteiger partial charge in [0.2, 0.25) is 5.91 Å². The van der Waals surface area contributed by atoms with Crippen molar-refractivity contribution < 1.29 is 23.8 Å². The van der Waals surface area contributed by atoms with Crippen LogP contribution in [0.15, 0.2) is 24.3 Å². The lowest BCUT2D eigenvalue weighted by molar-refractivity contribution is -0.130. The Kier molecular flexibility index (Phi) is 7.06. The molecule has 0 aliphatic carbocycles. The predicted octanol–water partition coefficient (Wildman–Crippen LogP) is 3.43. The first-order valence-corrected chi connectivity index (χ1v) is 13.5. The number of nitrogens with two attached hydrogens (primary N) is 1. The molecule has 1 saturated heterocycles. The molecule has 190 valence electrons. The molecule has 1 aliphatic rings. The van der Waals surface area contributed by atoms with E-state index in [4.69, 9.17) is 10.7 Å². The number of hydrogen-bond donors (Lipinski definition) is 4. The number of imidazole rings is 1. The molecule has 3 aromatic rings. The molecule has 0 unspecified atom stereocenters. The van der Waals surface area contributed by atoms with E-state index in [1.54, 1.807) is 11.8 Å². The Hall–Kier alpha value is -3.09. The lowest BCUT2D eigenvalue weighted by Gasteiger charge is -2.51. The predicted molar refractivity (Wildman–Crippen MR) is 137 cm³/mol. The van der Waals surface area contributed by atoms with Crippen molar-refractivity contribution >= 4 is 50.3 Å². The van der Waals surface area contributed by atoms with Gasteiger partial charge in [-0.25, -0.2) is 14.8 Å². The van der Waals surface area contributed by atoms with Gasteiger partial charge in [0.25, 0.3) is 0 Å². The molecule has 0 atom stereocenters. The van der Waals surface area contributed by atoms with Crippen LogP contribution in [0.4, 0.5) is 10.6 Å². The van der Waals surface area contributed by atoms with E-state index in [0.29, 0.717) is 49.6 Å². The Bertz CT molecular complexity index is 1250. The van der Waals surface area contributed by atoms with Gasteiger partial charge in [0, 0.05) is 31.9 Å². The second-order valence-corrected chi connectivity index (χ2v) is 11.2. The largest absolute Gasteiger partial charge is 0.465 e. The highest BCUT2D eigenvalue weighted by molar-refractivity contribution is 8.25. The average molecular weight is 505 g/mol. The summed E-state index contributed by atoms with van der Waals surface area (Å²) in [5.41, 5.74) is 8.34. The Morgan fingerprint density at radius 2 is 1.91 bits per heavy atom. The van der Waals surface area contributed by atoms with Crippen molar-refractivity contribution in [3.8, 4) is 0 Å². The lowest BCUT2D eigenvalue weighted by Crippen LogP contribution is -2.52. The molecule has 0 spiro atoms. The van der Waals surface area contributed by atoms with Gasteiger partial charge >= 0.3 is 6.09 Å². The molecule has 0 radical (unpaired) electrons. The van der Waals surface area contributed by atoms with Crippen LogP contribution in [0.1, 0.15) is 32.5 Å². The van der Waals surface area contributed by atoms with Gasteiger partial charge in [0.1, 0.15) is 11.3 Å². The SMILES string of the molecule is CCN(Cc1nc2c(N)nc3ccccc3c2n1CCCCN(C(C)=O)C1CS(O)(O)C1)C(=O)O. The van der Waals surface area contributed by atoms with E-state index in [1.165, 1.54) is 11.8 Å². The second kappa shape index (κ2) is 9.88. The van der Waals surface area contributed by atoms with Crippen molar-refractivity contribution in [1.29, 1.82) is 0 Å². The van der Waals surface area contributed by atoms with E-state index >= 15 is 0 Å². The van der Waals surface area contributed by atoms with Crippen LogP contribution in [0.3, 0.4) is 0 Å². The standard InChI is InChI=1S/C23H32N6O5S/c1-3-27(23(31)32)12-19-26-20-21(17-8-4-5-9-18(17)25-22(20)24)29(19)11-7-6-10-28(15(2)30)16-13-35(33,34)14-16/h4-5,8-9,16,33-34H,3,6-7,10-14H2,1-2H3,(H2,24,25)(H,31,32). The number of hydrogen-bond acceptors (Lipinski definition) is 7. The molecule has 5 N–H and O–H groups in total. The molecule has 35 heavy (non-hydrogen) atoms. The molecule has 1 aliphatic heterocycles. The quantitative estimate of drug-likeness (QED) is 0.323. The molecule has 11 nitrogen and oxygen atoms in total. The summed E-state index contributed by atoms with van der Waals surface area (Å²) in [6.07, 6.45) is 0.384. The van der Waals surface area contributed by atoms with E-state index in [0.717, 1.165) is 16.4 Å². The number of carbonyl (C=O) groups excluding carboxylic acids is 1. The van der Waals surface area contributed by atoms with Crippen molar-refractivity contribution in [2.75, 3.05) is 30.3 Å². The first-order chi connectivity index (χ1) is 16.6. The molecular weight excluding hydrogens is 472 g/mol. The number of para-hydroxylation sites is 1. The van der Waals surface area contributed by atoms with Gasteiger partial charge in [-0.1, -0.05) is 18.2 Å². The topological polar surface area (TPSA) is 158 Å². The Morgan fingerprint density at radius 3 is 2.54 bits per heavy atom. The molecule has 0 saturated carbocycles. The van der Waals surface area contributed by atoms with Crippen molar-refractivity contribution in [3.05, 3.63) is 30.1 Å². The third-order valence-corrected chi connectivity index (χ3v) is 8.31. The number of unbranched alkanes of at least 4 members (excludes halogenated alkanes) is 1. The summed E-state index contributed by atoms with van der Waals surface area (Å²) in [6.45, 7) is 4.78. The van der Waals surface area contributed by atoms with Gasteiger partial charge in [0.15, 0.2) is 5.82 Å². The van der Waals surface area contributed by atoms with Crippen molar-refractivity contribution in [2.45, 2.75) is 45.8 Å². The summed E-state index contributed by atoms with van der Waals surface area (Å²) in [4.78, 5) is 35.9. The van der Waals surface area contributed by atoms with Gasteiger partial charge < -0.3 is 25.2 Å². The number of anilines is 1. The second-order valence-electron chi connectivity index (χ2n) is 8.90. The minimum absolute atomic E-state index is 0.0800. The highest BCUT2D eigenvalue weighted by Crippen LogP contribution is 2.50. The van der Waals surface area contributed by atoms with Crippen LogP contribution in [-0.2, 0) is 17.9 Å². The molecule has 12 heteroatoms. The number of aryl methyl sites for hydroxylation is 1. The minimum atomic E-state index is -2.53. The number of rotatable bonds is 9. The van der Waals surface area contributed by atoms with Gasteiger partial charge in [-0.2, -0.15) is 10.6 Å². The normalized spacial score (nSPS) is 16.2. The molecule has 0 bridgehead atoms. The van der Waals surface area contributed by atoms with Crippen molar-refractivity contribution in [1.82, 2.24) is 24.3 Å². The number of benzene rings is 1. The maximum Gasteiger partial charge on any atom is 0.407 e.